The van der Waals surface area contributed by atoms with Crippen LogP contribution in [0.2, 0.25) is 0 Å². The first kappa shape index (κ1) is 15.4. The zero-order valence-corrected chi connectivity index (χ0v) is 13.3. The molecule has 0 fully saturated rings. The second-order valence-electron chi connectivity index (χ2n) is 4.54. The Balaban J connectivity index is 2.28. The highest BCUT2D eigenvalue weighted by molar-refractivity contribution is 9.10. The van der Waals surface area contributed by atoms with E-state index in [9.17, 15) is 9.90 Å². The van der Waals surface area contributed by atoms with Gasteiger partial charge in [0.25, 0.3) is 0 Å². The van der Waals surface area contributed by atoms with Gasteiger partial charge < -0.3 is 14.6 Å². The first-order valence-electron chi connectivity index (χ1n) is 6.31. The molecule has 2 aromatic carbocycles. The summed E-state index contributed by atoms with van der Waals surface area (Å²) < 4.78 is 11.4. The summed E-state index contributed by atoms with van der Waals surface area (Å²) in [5.74, 6) is 0.107. The lowest BCUT2D eigenvalue weighted by Gasteiger charge is -2.17. The molecular formula is C16H15BrO4. The molecule has 0 aliphatic carbocycles. The zero-order chi connectivity index (χ0) is 15.4. The van der Waals surface area contributed by atoms with Crippen LogP contribution in [0.3, 0.4) is 0 Å². The minimum Gasteiger partial charge on any atom is -0.497 e. The van der Waals surface area contributed by atoms with E-state index in [0.29, 0.717) is 17.1 Å². The van der Waals surface area contributed by atoms with Crippen molar-refractivity contribution in [2.75, 3.05) is 7.11 Å². The fourth-order valence-electron chi connectivity index (χ4n) is 1.87. The maximum Gasteiger partial charge on any atom is 0.349 e. The van der Waals surface area contributed by atoms with Crippen LogP contribution in [0.1, 0.15) is 17.2 Å². The predicted molar refractivity (Wildman–Crippen MR) is 82.9 cm³/mol. The van der Waals surface area contributed by atoms with Gasteiger partial charge in [0.15, 0.2) is 0 Å². The lowest BCUT2D eigenvalue weighted by molar-refractivity contribution is -0.145. The second kappa shape index (κ2) is 6.63. The molecule has 0 aromatic heterocycles. The maximum absolute atomic E-state index is 11.5. The average Bonchev–Trinajstić information content (AvgIpc) is 2.46. The van der Waals surface area contributed by atoms with Crippen molar-refractivity contribution in [1.29, 1.82) is 0 Å². The van der Waals surface area contributed by atoms with Crippen LogP contribution in [-0.2, 0) is 4.79 Å². The molecular weight excluding hydrogens is 336 g/mol. The third-order valence-electron chi connectivity index (χ3n) is 2.98. The summed E-state index contributed by atoms with van der Waals surface area (Å²) in [7, 11) is 1.56. The van der Waals surface area contributed by atoms with E-state index in [1.165, 1.54) is 0 Å². The number of hydrogen-bond donors (Lipinski definition) is 1. The lowest BCUT2D eigenvalue weighted by Crippen LogP contribution is -2.18. The number of methoxy groups -OCH3 is 1. The van der Waals surface area contributed by atoms with E-state index in [2.05, 4.69) is 15.9 Å². The molecule has 0 amide bonds. The van der Waals surface area contributed by atoms with Crippen molar-refractivity contribution in [3.8, 4) is 11.5 Å². The Labute approximate surface area is 131 Å². The molecule has 0 saturated heterocycles. The number of aliphatic carboxylic acids is 1. The van der Waals surface area contributed by atoms with Crippen molar-refractivity contribution < 1.29 is 19.4 Å². The number of aryl methyl sites for hydroxylation is 1. The third-order valence-corrected chi connectivity index (χ3v) is 3.59. The van der Waals surface area contributed by atoms with Crippen LogP contribution < -0.4 is 9.47 Å². The van der Waals surface area contributed by atoms with E-state index in [4.69, 9.17) is 9.47 Å². The van der Waals surface area contributed by atoms with E-state index in [1.807, 2.05) is 19.1 Å². The summed E-state index contributed by atoms with van der Waals surface area (Å²) in [5, 5.41) is 9.39. The third kappa shape index (κ3) is 3.76. The van der Waals surface area contributed by atoms with Crippen LogP contribution in [0.4, 0.5) is 0 Å². The molecule has 110 valence electrons. The van der Waals surface area contributed by atoms with Crippen molar-refractivity contribution in [2.45, 2.75) is 13.0 Å². The van der Waals surface area contributed by atoms with Crippen LogP contribution in [-0.4, -0.2) is 18.2 Å². The molecule has 4 nitrogen and oxygen atoms in total. The minimum absolute atomic E-state index is 0.490. The molecule has 21 heavy (non-hydrogen) atoms. The van der Waals surface area contributed by atoms with Gasteiger partial charge >= 0.3 is 5.97 Å². The monoisotopic (exact) mass is 350 g/mol. The molecule has 0 spiro atoms. The average molecular weight is 351 g/mol. The van der Waals surface area contributed by atoms with Crippen LogP contribution in [0.15, 0.2) is 46.9 Å². The molecule has 0 aliphatic heterocycles. The smallest absolute Gasteiger partial charge is 0.349 e. The lowest BCUT2D eigenvalue weighted by atomic mass is 10.1. The molecule has 0 radical (unpaired) electrons. The first-order chi connectivity index (χ1) is 10.0. The molecule has 2 rings (SSSR count). The molecule has 1 unspecified atom stereocenters. The summed E-state index contributed by atoms with van der Waals surface area (Å²) in [4.78, 5) is 11.5. The summed E-state index contributed by atoms with van der Waals surface area (Å²) >= 11 is 3.38. The van der Waals surface area contributed by atoms with Crippen molar-refractivity contribution in [3.05, 3.63) is 58.1 Å². The van der Waals surface area contributed by atoms with E-state index < -0.39 is 12.1 Å². The molecule has 5 heteroatoms. The van der Waals surface area contributed by atoms with Gasteiger partial charge in [-0.15, -0.1) is 0 Å². The zero-order valence-electron chi connectivity index (χ0n) is 11.7. The summed E-state index contributed by atoms with van der Waals surface area (Å²) in [6.45, 7) is 1.95. The molecule has 0 saturated carbocycles. The number of carboxylic acids is 1. The van der Waals surface area contributed by atoms with Gasteiger partial charge in [-0.25, -0.2) is 4.79 Å². The normalized spacial score (nSPS) is 11.8. The second-order valence-corrected chi connectivity index (χ2v) is 5.40. The highest BCUT2D eigenvalue weighted by Crippen LogP contribution is 2.31. The van der Waals surface area contributed by atoms with Crippen molar-refractivity contribution >= 4 is 21.9 Å². The number of hydrogen-bond acceptors (Lipinski definition) is 3. The van der Waals surface area contributed by atoms with Gasteiger partial charge in [-0.2, -0.15) is 0 Å². The van der Waals surface area contributed by atoms with Gasteiger partial charge in [-0.1, -0.05) is 18.2 Å². The van der Waals surface area contributed by atoms with Gasteiger partial charge in [0.1, 0.15) is 11.5 Å². The molecule has 2 aromatic rings. The van der Waals surface area contributed by atoms with E-state index >= 15 is 0 Å². The van der Waals surface area contributed by atoms with Crippen molar-refractivity contribution in [1.82, 2.24) is 0 Å². The summed E-state index contributed by atoms with van der Waals surface area (Å²) in [6, 6.07) is 12.3. The Morgan fingerprint density at radius 2 is 1.86 bits per heavy atom. The van der Waals surface area contributed by atoms with Gasteiger partial charge in [-0.3, -0.25) is 0 Å². The largest absolute Gasteiger partial charge is 0.497 e. The van der Waals surface area contributed by atoms with E-state index in [1.54, 1.807) is 37.4 Å². The van der Waals surface area contributed by atoms with Gasteiger partial charge in [-0.05, 0) is 52.7 Å². The first-order valence-corrected chi connectivity index (χ1v) is 7.10. The number of halogens is 1. The van der Waals surface area contributed by atoms with Crippen LogP contribution in [0.25, 0.3) is 0 Å². The summed E-state index contributed by atoms with van der Waals surface area (Å²) in [5.41, 5.74) is 1.61. The highest BCUT2D eigenvalue weighted by atomic mass is 79.9. The Bertz CT molecular complexity index is 637. The highest BCUT2D eigenvalue weighted by Gasteiger charge is 2.22. The van der Waals surface area contributed by atoms with Crippen LogP contribution in [0.5, 0.6) is 11.5 Å². The molecule has 0 aliphatic rings. The summed E-state index contributed by atoms with van der Waals surface area (Å²) in [6.07, 6.45) is -1.07. The van der Waals surface area contributed by atoms with E-state index in [-0.39, 0.29) is 0 Å². The number of benzene rings is 2. The fourth-order valence-corrected chi connectivity index (χ4v) is 2.45. The number of carbonyl (C=O) groups is 1. The molecule has 0 heterocycles. The maximum atomic E-state index is 11.5. The van der Waals surface area contributed by atoms with Crippen LogP contribution in [0, 0.1) is 6.92 Å². The quantitative estimate of drug-likeness (QED) is 0.886. The Kier molecular flexibility index (Phi) is 4.85. The van der Waals surface area contributed by atoms with Crippen molar-refractivity contribution in [2.24, 2.45) is 0 Å². The van der Waals surface area contributed by atoms with Crippen LogP contribution >= 0.6 is 15.9 Å². The van der Waals surface area contributed by atoms with Gasteiger partial charge in [0.05, 0.1) is 11.6 Å². The fraction of sp³-hybridized carbons (Fsp3) is 0.188. The minimum atomic E-state index is -1.07. The number of rotatable bonds is 5. The Hall–Kier alpha value is -2.01. The van der Waals surface area contributed by atoms with Gasteiger partial charge in [0.2, 0.25) is 6.10 Å². The molecule has 0 bridgehead atoms. The standard InChI is InChI=1S/C16H15BrO4/c1-10-3-8-14(13(17)9-10)21-15(16(18)19)11-4-6-12(20-2)7-5-11/h3-9,15H,1-2H3,(H,18,19). The SMILES string of the molecule is COc1ccc(C(Oc2ccc(C)cc2Br)C(=O)O)cc1. The number of ether oxygens (including phenoxy) is 2. The van der Waals surface area contributed by atoms with Crippen molar-refractivity contribution in [3.63, 3.8) is 0 Å². The molecule has 1 atom stereocenters. The topological polar surface area (TPSA) is 55.8 Å². The Morgan fingerprint density at radius 1 is 1.19 bits per heavy atom. The van der Waals surface area contributed by atoms with E-state index in [0.717, 1.165) is 10.0 Å². The van der Waals surface area contributed by atoms with Gasteiger partial charge in [0, 0.05) is 5.56 Å². The Morgan fingerprint density at radius 3 is 2.38 bits per heavy atom. The molecule has 1 N–H and O–H groups in total. The number of carboxylic acid groups (broad SMARTS) is 1. The predicted octanol–water partition coefficient (Wildman–Crippen LogP) is 3.97.